The summed E-state index contributed by atoms with van der Waals surface area (Å²) >= 11 is 0. The number of carbonyl (C=O) groups is 1. The molecule has 0 radical (unpaired) electrons. The number of hydrogen-bond donors (Lipinski definition) is 1. The number of para-hydroxylation sites is 1. The fourth-order valence-corrected chi connectivity index (χ4v) is 4.36. The van der Waals surface area contributed by atoms with Gasteiger partial charge in [0.15, 0.2) is 11.5 Å². The highest BCUT2D eigenvalue weighted by Gasteiger charge is 2.26. The van der Waals surface area contributed by atoms with Gasteiger partial charge in [-0.05, 0) is 29.8 Å². The van der Waals surface area contributed by atoms with Gasteiger partial charge in [-0.15, -0.1) is 0 Å². The molecular weight excluding hydrogens is 442 g/mol. The zero-order valence-corrected chi connectivity index (χ0v) is 19.7. The van der Waals surface area contributed by atoms with Gasteiger partial charge < -0.3 is 19.5 Å². The third kappa shape index (κ3) is 4.71. The van der Waals surface area contributed by atoms with Crippen molar-refractivity contribution in [1.29, 1.82) is 0 Å². The molecule has 7 nitrogen and oxygen atoms in total. The van der Waals surface area contributed by atoms with Gasteiger partial charge in [-0.3, -0.25) is 9.48 Å². The Bertz CT molecular complexity index is 1330. The molecule has 178 valence electrons. The van der Waals surface area contributed by atoms with Crippen LogP contribution in [0.1, 0.15) is 33.9 Å². The van der Waals surface area contributed by atoms with Gasteiger partial charge in [-0.25, -0.2) is 0 Å². The molecule has 1 amide bonds. The monoisotopic (exact) mass is 469 g/mol. The summed E-state index contributed by atoms with van der Waals surface area (Å²) in [5, 5.41) is 8.00. The third-order valence-electron chi connectivity index (χ3n) is 6.11. The molecule has 1 atom stereocenters. The van der Waals surface area contributed by atoms with Gasteiger partial charge in [0, 0.05) is 23.7 Å². The minimum Gasteiger partial charge on any atom is -0.493 e. The molecule has 7 heteroatoms. The molecule has 1 aliphatic heterocycles. The fourth-order valence-electron chi connectivity index (χ4n) is 4.36. The van der Waals surface area contributed by atoms with E-state index >= 15 is 0 Å². The maximum Gasteiger partial charge on any atom is 0.255 e. The molecule has 0 unspecified atom stereocenters. The molecule has 0 fully saturated rings. The molecular formula is C28H27N3O4. The number of ether oxygens (including phenoxy) is 3. The SMILES string of the molecule is COc1ccc(-c2nn(Cc3ccccc3)cc2C(=O)N[C@@H]2CCOc3ccccc32)cc1OC. The first kappa shape index (κ1) is 22.5. The van der Waals surface area contributed by atoms with Gasteiger partial charge in [0.1, 0.15) is 11.4 Å². The summed E-state index contributed by atoms with van der Waals surface area (Å²) in [6.45, 7) is 1.10. The lowest BCUT2D eigenvalue weighted by atomic mass is 10.00. The lowest BCUT2D eigenvalue weighted by Crippen LogP contribution is -2.32. The predicted octanol–water partition coefficient (Wildman–Crippen LogP) is 4.87. The Morgan fingerprint density at radius 2 is 1.80 bits per heavy atom. The number of amides is 1. The quantitative estimate of drug-likeness (QED) is 0.418. The number of carbonyl (C=O) groups excluding carboxylic acids is 1. The van der Waals surface area contributed by atoms with E-state index in [0.717, 1.165) is 22.4 Å². The van der Waals surface area contributed by atoms with Crippen LogP contribution in [0.4, 0.5) is 0 Å². The Morgan fingerprint density at radius 1 is 1.03 bits per heavy atom. The molecule has 4 aromatic rings. The first-order valence-electron chi connectivity index (χ1n) is 11.5. The molecule has 5 rings (SSSR count). The summed E-state index contributed by atoms with van der Waals surface area (Å²) in [5.41, 5.74) is 3.93. The Hall–Kier alpha value is -4.26. The van der Waals surface area contributed by atoms with E-state index in [9.17, 15) is 4.79 Å². The fraction of sp³-hybridized carbons (Fsp3) is 0.214. The van der Waals surface area contributed by atoms with Crippen molar-refractivity contribution in [3.8, 4) is 28.5 Å². The highest BCUT2D eigenvalue weighted by Crippen LogP contribution is 2.35. The lowest BCUT2D eigenvalue weighted by molar-refractivity contribution is 0.0925. The Kier molecular flexibility index (Phi) is 6.39. The normalized spacial score (nSPS) is 14.5. The maximum atomic E-state index is 13.6. The highest BCUT2D eigenvalue weighted by molar-refractivity contribution is 6.00. The Morgan fingerprint density at radius 3 is 2.60 bits per heavy atom. The average molecular weight is 470 g/mol. The molecule has 1 aliphatic rings. The standard InChI is InChI=1S/C28H27N3O4/c1-33-25-13-12-20(16-26(25)34-2)27-22(18-31(30-27)17-19-8-4-3-5-9-19)28(32)29-23-14-15-35-24-11-7-6-10-21(23)24/h3-13,16,18,23H,14-15,17H2,1-2H3,(H,29,32)/t23-/m1/s1. The van der Waals surface area contributed by atoms with Crippen LogP contribution in [-0.4, -0.2) is 36.5 Å². The molecule has 1 N–H and O–H groups in total. The molecule has 0 saturated heterocycles. The van der Waals surface area contributed by atoms with E-state index in [4.69, 9.17) is 19.3 Å². The van der Waals surface area contributed by atoms with Crippen LogP contribution in [0.3, 0.4) is 0 Å². The minimum absolute atomic E-state index is 0.136. The van der Waals surface area contributed by atoms with Gasteiger partial charge in [0.25, 0.3) is 5.91 Å². The second kappa shape index (κ2) is 9.93. The highest BCUT2D eigenvalue weighted by atomic mass is 16.5. The van der Waals surface area contributed by atoms with E-state index in [1.807, 2.05) is 72.8 Å². The summed E-state index contributed by atoms with van der Waals surface area (Å²) in [5.74, 6) is 1.82. The van der Waals surface area contributed by atoms with Crippen molar-refractivity contribution >= 4 is 5.91 Å². The van der Waals surface area contributed by atoms with Crippen molar-refractivity contribution in [3.63, 3.8) is 0 Å². The van der Waals surface area contributed by atoms with Crippen molar-refractivity contribution in [2.45, 2.75) is 19.0 Å². The molecule has 0 bridgehead atoms. The average Bonchev–Trinajstić information content (AvgIpc) is 3.33. The summed E-state index contributed by atoms with van der Waals surface area (Å²) in [6, 6.07) is 23.3. The number of methoxy groups -OCH3 is 2. The van der Waals surface area contributed by atoms with E-state index in [2.05, 4.69) is 5.32 Å². The third-order valence-corrected chi connectivity index (χ3v) is 6.11. The lowest BCUT2D eigenvalue weighted by Gasteiger charge is -2.26. The van der Waals surface area contributed by atoms with Crippen LogP contribution in [0, 0.1) is 0 Å². The van der Waals surface area contributed by atoms with Crippen LogP contribution in [0.15, 0.2) is 79.0 Å². The summed E-state index contributed by atoms with van der Waals surface area (Å²) < 4.78 is 18.4. The van der Waals surface area contributed by atoms with Gasteiger partial charge >= 0.3 is 0 Å². The summed E-state index contributed by atoms with van der Waals surface area (Å²) in [7, 11) is 3.18. The molecule has 1 aromatic heterocycles. The second-order valence-corrected chi connectivity index (χ2v) is 8.35. The van der Waals surface area contributed by atoms with E-state index in [0.29, 0.717) is 42.3 Å². The first-order valence-corrected chi connectivity index (χ1v) is 11.5. The van der Waals surface area contributed by atoms with Crippen molar-refractivity contribution in [2.75, 3.05) is 20.8 Å². The van der Waals surface area contributed by atoms with Crippen LogP contribution in [0.2, 0.25) is 0 Å². The number of aromatic nitrogens is 2. The molecule has 35 heavy (non-hydrogen) atoms. The molecule has 0 saturated carbocycles. The zero-order valence-electron chi connectivity index (χ0n) is 19.7. The molecule has 3 aromatic carbocycles. The number of hydrogen-bond acceptors (Lipinski definition) is 5. The minimum atomic E-state index is -0.184. The van der Waals surface area contributed by atoms with Gasteiger partial charge in [-0.2, -0.15) is 5.10 Å². The number of fused-ring (bicyclic) bond motifs is 1. The first-order chi connectivity index (χ1) is 17.2. The zero-order chi connectivity index (χ0) is 24.2. The van der Waals surface area contributed by atoms with Gasteiger partial charge in [-0.1, -0.05) is 48.5 Å². The van der Waals surface area contributed by atoms with Crippen molar-refractivity contribution in [1.82, 2.24) is 15.1 Å². The van der Waals surface area contributed by atoms with Crippen LogP contribution >= 0.6 is 0 Å². The number of benzene rings is 3. The van der Waals surface area contributed by atoms with Crippen LogP contribution in [0.25, 0.3) is 11.3 Å². The number of nitrogens with zero attached hydrogens (tertiary/aromatic N) is 2. The second-order valence-electron chi connectivity index (χ2n) is 8.35. The van der Waals surface area contributed by atoms with Crippen molar-refractivity contribution < 1.29 is 19.0 Å². The molecule has 0 spiro atoms. The van der Waals surface area contributed by atoms with Crippen LogP contribution in [0.5, 0.6) is 17.2 Å². The van der Waals surface area contributed by atoms with Gasteiger partial charge in [0.2, 0.25) is 0 Å². The van der Waals surface area contributed by atoms with Gasteiger partial charge in [0.05, 0.1) is 39.0 Å². The predicted molar refractivity (Wildman–Crippen MR) is 133 cm³/mol. The van der Waals surface area contributed by atoms with Crippen molar-refractivity contribution in [3.05, 3.63) is 95.7 Å². The largest absolute Gasteiger partial charge is 0.493 e. The van der Waals surface area contributed by atoms with Crippen LogP contribution < -0.4 is 19.5 Å². The van der Waals surface area contributed by atoms with E-state index in [1.165, 1.54) is 0 Å². The Balaban J connectivity index is 1.51. The smallest absolute Gasteiger partial charge is 0.255 e. The number of nitrogens with one attached hydrogen (secondary N) is 1. The molecule has 0 aliphatic carbocycles. The summed E-state index contributed by atoms with van der Waals surface area (Å²) in [6.07, 6.45) is 2.51. The summed E-state index contributed by atoms with van der Waals surface area (Å²) in [4.78, 5) is 13.6. The van der Waals surface area contributed by atoms with E-state index in [1.54, 1.807) is 25.1 Å². The van der Waals surface area contributed by atoms with Crippen molar-refractivity contribution in [2.24, 2.45) is 0 Å². The van der Waals surface area contributed by atoms with E-state index in [-0.39, 0.29) is 11.9 Å². The van der Waals surface area contributed by atoms with Crippen LogP contribution in [-0.2, 0) is 6.54 Å². The topological polar surface area (TPSA) is 74.6 Å². The van der Waals surface area contributed by atoms with E-state index < -0.39 is 0 Å². The maximum absolute atomic E-state index is 13.6. The Labute approximate surface area is 204 Å². The molecule has 2 heterocycles. The number of rotatable bonds is 7.